The van der Waals surface area contributed by atoms with Crippen molar-refractivity contribution in [3.8, 4) is 17.3 Å². The number of aromatic amines is 1. The van der Waals surface area contributed by atoms with Gasteiger partial charge in [0.05, 0.1) is 17.1 Å². The number of pyridine rings is 1. The highest BCUT2D eigenvalue weighted by molar-refractivity contribution is 6.31. The number of benzene rings is 1. The summed E-state index contributed by atoms with van der Waals surface area (Å²) in [5.41, 5.74) is 1.62. The van der Waals surface area contributed by atoms with Crippen molar-refractivity contribution in [2.24, 2.45) is 0 Å². The van der Waals surface area contributed by atoms with Gasteiger partial charge in [-0.3, -0.25) is 10.1 Å². The maximum Gasteiger partial charge on any atom is 0.319 e. The van der Waals surface area contributed by atoms with Crippen molar-refractivity contribution in [2.45, 2.75) is 37.8 Å². The van der Waals surface area contributed by atoms with Crippen LogP contribution in [0, 0.1) is 5.82 Å². The maximum atomic E-state index is 16.3. The van der Waals surface area contributed by atoms with Crippen LogP contribution in [0.1, 0.15) is 25.7 Å². The number of likely N-dealkylation sites (N-methyl/N-ethyl adjacent to an activating group) is 2. The van der Waals surface area contributed by atoms with Gasteiger partial charge in [0.15, 0.2) is 5.82 Å². The number of rotatable bonds is 6. The van der Waals surface area contributed by atoms with Crippen LogP contribution in [0.3, 0.4) is 0 Å². The monoisotopic (exact) mass is 524 g/mol. The van der Waals surface area contributed by atoms with Crippen molar-refractivity contribution >= 4 is 39.2 Å². The van der Waals surface area contributed by atoms with Crippen molar-refractivity contribution in [1.82, 2.24) is 35.4 Å². The molecule has 2 saturated heterocycles. The number of likely N-dealkylation sites (tertiary alicyclic amines) is 1. The molecule has 11 heteroatoms. The van der Waals surface area contributed by atoms with Crippen LogP contribution in [0.4, 0.5) is 10.2 Å². The van der Waals surface area contributed by atoms with Crippen molar-refractivity contribution in [3.05, 3.63) is 35.4 Å². The minimum Gasteiger partial charge on any atom is -0.462 e. The highest BCUT2D eigenvalue weighted by Crippen LogP contribution is 2.36. The quantitative estimate of drug-likeness (QED) is 0.390. The van der Waals surface area contributed by atoms with E-state index in [2.05, 4.69) is 42.3 Å². The summed E-state index contributed by atoms with van der Waals surface area (Å²) < 4.78 is 22.4. The van der Waals surface area contributed by atoms with Gasteiger partial charge in [0.25, 0.3) is 0 Å². The molecule has 2 aliphatic heterocycles. The molecule has 9 nitrogen and oxygen atoms in total. The summed E-state index contributed by atoms with van der Waals surface area (Å²) in [6, 6.07) is 4.27. The van der Waals surface area contributed by atoms with Crippen molar-refractivity contribution < 1.29 is 9.13 Å². The first-order valence-corrected chi connectivity index (χ1v) is 13.1. The molecule has 0 aliphatic carbocycles. The van der Waals surface area contributed by atoms with E-state index in [1.54, 1.807) is 24.5 Å². The van der Waals surface area contributed by atoms with Gasteiger partial charge in [0, 0.05) is 47.3 Å². The van der Waals surface area contributed by atoms with E-state index in [0.29, 0.717) is 46.0 Å². The molecule has 194 valence electrons. The van der Waals surface area contributed by atoms with Crippen LogP contribution >= 0.6 is 11.6 Å². The topological polar surface area (TPSA) is 95.1 Å². The van der Waals surface area contributed by atoms with E-state index in [4.69, 9.17) is 21.3 Å². The molecule has 0 amide bonds. The van der Waals surface area contributed by atoms with E-state index < -0.39 is 5.82 Å². The van der Waals surface area contributed by atoms with Gasteiger partial charge in [-0.15, -0.1) is 0 Å². The molecular weight excluding hydrogens is 495 g/mol. The zero-order chi connectivity index (χ0) is 25.5. The first-order valence-electron chi connectivity index (χ1n) is 12.8. The highest BCUT2D eigenvalue weighted by Gasteiger charge is 2.27. The summed E-state index contributed by atoms with van der Waals surface area (Å²) in [5, 5.41) is 12.1. The number of fused-ring (bicyclic) bond motifs is 2. The lowest BCUT2D eigenvalue weighted by atomic mass is 10.0. The molecule has 2 atom stereocenters. The first-order chi connectivity index (χ1) is 18.0. The van der Waals surface area contributed by atoms with Crippen LogP contribution in [0.15, 0.2) is 24.5 Å². The smallest absolute Gasteiger partial charge is 0.319 e. The highest BCUT2D eigenvalue weighted by atomic mass is 35.5. The summed E-state index contributed by atoms with van der Waals surface area (Å²) in [6.07, 6.45) is 7.60. The summed E-state index contributed by atoms with van der Waals surface area (Å²) in [5.74, 6) is 0.119. The third-order valence-corrected chi connectivity index (χ3v) is 7.85. The fourth-order valence-corrected chi connectivity index (χ4v) is 5.71. The number of piperidine rings is 1. The number of nitrogens with zero attached hydrogens (tertiary/aromatic N) is 6. The predicted molar refractivity (Wildman–Crippen MR) is 143 cm³/mol. The fourth-order valence-electron chi connectivity index (χ4n) is 5.49. The maximum absolute atomic E-state index is 16.3. The Labute approximate surface area is 219 Å². The molecule has 3 aromatic heterocycles. The molecular formula is C26H30ClFN8O. The SMILES string of the molecule is CNC1CCCN(c2nc(OCC3CCCN3C)nc3c(F)c(-c4cc(Cl)cc5[nH]ncc45)ncc23)C1. The van der Waals surface area contributed by atoms with Crippen molar-refractivity contribution in [1.29, 1.82) is 0 Å². The van der Waals surface area contributed by atoms with Gasteiger partial charge < -0.3 is 19.9 Å². The average Bonchev–Trinajstić information content (AvgIpc) is 3.55. The summed E-state index contributed by atoms with van der Waals surface area (Å²) in [7, 11) is 4.06. The third kappa shape index (κ3) is 4.58. The Hall–Kier alpha value is -3.08. The number of ether oxygens (including phenoxy) is 1. The van der Waals surface area contributed by atoms with Crippen LogP contribution < -0.4 is 15.0 Å². The molecule has 0 radical (unpaired) electrons. The van der Waals surface area contributed by atoms with Crippen LogP contribution in [-0.4, -0.2) is 82.5 Å². The number of hydrogen-bond donors (Lipinski definition) is 2. The molecule has 6 rings (SSSR count). The third-order valence-electron chi connectivity index (χ3n) is 7.63. The number of aromatic nitrogens is 5. The molecule has 0 saturated carbocycles. The van der Waals surface area contributed by atoms with E-state index in [0.717, 1.165) is 50.7 Å². The second kappa shape index (κ2) is 10.00. The summed E-state index contributed by atoms with van der Waals surface area (Å²) in [4.78, 5) is 18.4. The van der Waals surface area contributed by atoms with Crippen molar-refractivity contribution in [2.75, 3.05) is 45.2 Å². The zero-order valence-corrected chi connectivity index (χ0v) is 21.7. The fraction of sp³-hybridized carbons (Fsp3) is 0.462. The van der Waals surface area contributed by atoms with Crippen LogP contribution in [0.25, 0.3) is 33.1 Å². The Bertz CT molecular complexity index is 1450. The number of hydrogen-bond acceptors (Lipinski definition) is 8. The molecule has 2 fully saturated rings. The van der Waals surface area contributed by atoms with Crippen LogP contribution in [-0.2, 0) is 0 Å². The minimum atomic E-state index is -0.532. The lowest BCUT2D eigenvalue weighted by Crippen LogP contribution is -2.44. The van der Waals surface area contributed by atoms with E-state index in [1.165, 1.54) is 0 Å². The van der Waals surface area contributed by atoms with Crippen molar-refractivity contribution in [3.63, 3.8) is 0 Å². The minimum absolute atomic E-state index is 0.166. The summed E-state index contributed by atoms with van der Waals surface area (Å²) in [6.45, 7) is 3.09. The van der Waals surface area contributed by atoms with E-state index in [-0.39, 0.29) is 17.2 Å². The Morgan fingerprint density at radius 3 is 2.84 bits per heavy atom. The van der Waals surface area contributed by atoms with Gasteiger partial charge in [0.2, 0.25) is 0 Å². The number of anilines is 1. The largest absolute Gasteiger partial charge is 0.462 e. The molecule has 0 bridgehead atoms. The van der Waals surface area contributed by atoms with E-state index in [9.17, 15) is 0 Å². The van der Waals surface area contributed by atoms with Gasteiger partial charge >= 0.3 is 6.01 Å². The van der Waals surface area contributed by atoms with Crippen LogP contribution in [0.2, 0.25) is 5.02 Å². The Balaban J connectivity index is 1.47. The average molecular weight is 525 g/mol. The number of halogens is 2. The van der Waals surface area contributed by atoms with Gasteiger partial charge in [-0.1, -0.05) is 11.6 Å². The zero-order valence-electron chi connectivity index (χ0n) is 21.0. The predicted octanol–water partition coefficient (Wildman–Crippen LogP) is 4.02. The number of H-pyrrole nitrogens is 1. The molecule has 37 heavy (non-hydrogen) atoms. The standard InChI is InChI=1S/C26H30ClFN8O/c1-29-16-5-3-8-36(13-16)25-20-11-30-23(18-9-15(27)10-21-19(18)12-31-34-21)22(28)24(20)32-26(33-25)37-14-17-6-4-7-35(17)2/h9-12,16-17,29H,3-8,13-14H2,1-2H3,(H,31,34). The second-order valence-electron chi connectivity index (χ2n) is 9.96. The molecule has 1 aromatic carbocycles. The summed E-state index contributed by atoms with van der Waals surface area (Å²) >= 11 is 6.34. The van der Waals surface area contributed by atoms with Crippen LogP contribution in [0.5, 0.6) is 6.01 Å². The molecule has 5 heterocycles. The van der Waals surface area contributed by atoms with Gasteiger partial charge in [-0.2, -0.15) is 15.1 Å². The lowest BCUT2D eigenvalue weighted by Gasteiger charge is -2.34. The van der Waals surface area contributed by atoms with Gasteiger partial charge in [0.1, 0.15) is 23.6 Å². The first kappa shape index (κ1) is 24.3. The Morgan fingerprint density at radius 1 is 1.16 bits per heavy atom. The Kier molecular flexibility index (Phi) is 6.56. The molecule has 2 unspecified atom stereocenters. The van der Waals surface area contributed by atoms with Gasteiger partial charge in [-0.05, 0) is 58.5 Å². The molecule has 4 aromatic rings. The second-order valence-corrected chi connectivity index (χ2v) is 10.4. The molecule has 2 N–H and O–H groups in total. The van der Waals surface area contributed by atoms with Gasteiger partial charge in [-0.25, -0.2) is 4.39 Å². The van der Waals surface area contributed by atoms with E-state index >= 15 is 4.39 Å². The van der Waals surface area contributed by atoms with E-state index in [1.807, 2.05) is 7.05 Å². The lowest BCUT2D eigenvalue weighted by molar-refractivity contribution is 0.188. The molecule has 0 spiro atoms. The normalized spacial score (nSPS) is 20.8. The Morgan fingerprint density at radius 2 is 2.03 bits per heavy atom. The molecule has 2 aliphatic rings. The number of nitrogens with one attached hydrogen (secondary N) is 2.